The monoisotopic (exact) mass is 373 g/mol. The minimum absolute atomic E-state index is 0.0626. The van der Waals surface area contributed by atoms with E-state index in [1.165, 1.54) is 5.01 Å². The molecular weight excluding hydrogens is 346 g/mol. The lowest BCUT2D eigenvalue weighted by molar-refractivity contribution is 0.0623. The molecule has 140 valence electrons. The van der Waals surface area contributed by atoms with Crippen LogP contribution >= 0.6 is 11.3 Å². The number of para-hydroxylation sites is 1. The molecule has 0 bridgehead atoms. The van der Waals surface area contributed by atoms with Crippen LogP contribution in [0, 0.1) is 0 Å². The van der Waals surface area contributed by atoms with Gasteiger partial charge in [-0.15, -0.1) is 11.3 Å². The standard InChI is InChI=1S/C20H27N3O2S/c1-3-7-19-21-16(15-26-19)14-22-10-12-23(13-11-22)20(24)17-8-5-6-9-18(17)25-4-2/h5-6,8-9,15H,3-4,7,10-14H2,1-2H3. The summed E-state index contributed by atoms with van der Waals surface area (Å²) in [5, 5.41) is 3.39. The van der Waals surface area contributed by atoms with Crippen molar-refractivity contribution in [1.82, 2.24) is 14.8 Å². The molecule has 1 fully saturated rings. The maximum atomic E-state index is 12.9. The van der Waals surface area contributed by atoms with Gasteiger partial charge in [0.2, 0.25) is 0 Å². The maximum Gasteiger partial charge on any atom is 0.257 e. The third kappa shape index (κ3) is 4.62. The van der Waals surface area contributed by atoms with E-state index in [2.05, 4.69) is 17.2 Å². The topological polar surface area (TPSA) is 45.7 Å². The van der Waals surface area contributed by atoms with Crippen LogP contribution in [-0.2, 0) is 13.0 Å². The Labute approximate surface area is 159 Å². The number of rotatable bonds is 7. The van der Waals surface area contributed by atoms with Gasteiger partial charge in [-0.3, -0.25) is 9.69 Å². The zero-order chi connectivity index (χ0) is 18.4. The Morgan fingerprint density at radius 2 is 1.96 bits per heavy atom. The second-order valence-electron chi connectivity index (χ2n) is 6.48. The summed E-state index contributed by atoms with van der Waals surface area (Å²) in [5.41, 5.74) is 1.81. The van der Waals surface area contributed by atoms with Crippen molar-refractivity contribution in [3.63, 3.8) is 0 Å². The van der Waals surface area contributed by atoms with Crippen LogP contribution < -0.4 is 4.74 Å². The lowest BCUT2D eigenvalue weighted by atomic mass is 10.1. The van der Waals surface area contributed by atoms with E-state index in [4.69, 9.17) is 9.72 Å². The average Bonchev–Trinajstić information content (AvgIpc) is 3.10. The molecule has 2 aromatic rings. The fourth-order valence-corrected chi connectivity index (χ4v) is 4.07. The Hall–Kier alpha value is -1.92. The van der Waals surface area contributed by atoms with Gasteiger partial charge in [-0.1, -0.05) is 19.1 Å². The predicted molar refractivity (Wildman–Crippen MR) is 105 cm³/mol. The van der Waals surface area contributed by atoms with E-state index in [9.17, 15) is 4.79 Å². The van der Waals surface area contributed by atoms with Crippen LogP contribution in [0.15, 0.2) is 29.6 Å². The number of thiazole rings is 1. The van der Waals surface area contributed by atoms with Crippen molar-refractivity contribution in [3.05, 3.63) is 45.9 Å². The van der Waals surface area contributed by atoms with Gasteiger partial charge in [0.15, 0.2) is 0 Å². The first-order chi connectivity index (χ1) is 12.7. The number of hydrogen-bond acceptors (Lipinski definition) is 5. The molecular formula is C20H27N3O2S. The Balaban J connectivity index is 1.55. The Kier molecular flexibility index (Phi) is 6.63. The highest BCUT2D eigenvalue weighted by Crippen LogP contribution is 2.21. The molecule has 1 saturated heterocycles. The van der Waals surface area contributed by atoms with Crippen molar-refractivity contribution < 1.29 is 9.53 Å². The van der Waals surface area contributed by atoms with Crippen LogP contribution in [-0.4, -0.2) is 53.5 Å². The average molecular weight is 374 g/mol. The van der Waals surface area contributed by atoms with Crippen LogP contribution in [0.5, 0.6) is 5.75 Å². The third-order valence-electron chi connectivity index (χ3n) is 4.53. The molecule has 5 nitrogen and oxygen atoms in total. The number of piperazine rings is 1. The summed E-state index contributed by atoms with van der Waals surface area (Å²) in [7, 11) is 0. The van der Waals surface area contributed by atoms with E-state index in [0.29, 0.717) is 17.9 Å². The number of ether oxygens (including phenoxy) is 1. The van der Waals surface area contributed by atoms with Gasteiger partial charge in [-0.25, -0.2) is 4.98 Å². The summed E-state index contributed by atoms with van der Waals surface area (Å²) in [5.74, 6) is 0.737. The first-order valence-corrected chi connectivity index (χ1v) is 10.3. The molecule has 2 heterocycles. The van der Waals surface area contributed by atoms with Crippen molar-refractivity contribution in [1.29, 1.82) is 0 Å². The Morgan fingerprint density at radius 1 is 1.19 bits per heavy atom. The summed E-state index contributed by atoms with van der Waals surface area (Å²) < 4.78 is 5.61. The van der Waals surface area contributed by atoms with E-state index in [1.807, 2.05) is 36.1 Å². The molecule has 6 heteroatoms. The van der Waals surface area contributed by atoms with Gasteiger partial charge in [0.05, 0.1) is 22.9 Å². The first kappa shape index (κ1) is 18.9. The highest BCUT2D eigenvalue weighted by Gasteiger charge is 2.24. The van der Waals surface area contributed by atoms with Gasteiger partial charge in [-0.05, 0) is 31.9 Å². The predicted octanol–water partition coefficient (Wildman–Crippen LogP) is 3.45. The SMILES string of the molecule is CCCc1nc(CN2CCN(C(=O)c3ccccc3OCC)CC2)cs1. The van der Waals surface area contributed by atoms with Crippen LogP contribution in [0.4, 0.5) is 0 Å². The van der Waals surface area contributed by atoms with Gasteiger partial charge >= 0.3 is 0 Å². The molecule has 0 spiro atoms. The van der Waals surface area contributed by atoms with E-state index in [0.717, 1.165) is 51.3 Å². The molecule has 26 heavy (non-hydrogen) atoms. The fourth-order valence-electron chi connectivity index (χ4n) is 3.18. The second-order valence-corrected chi connectivity index (χ2v) is 7.42. The van der Waals surface area contributed by atoms with E-state index < -0.39 is 0 Å². The van der Waals surface area contributed by atoms with Gasteiger partial charge < -0.3 is 9.64 Å². The summed E-state index contributed by atoms with van der Waals surface area (Å²) in [6.45, 7) is 8.79. The quantitative estimate of drug-likeness (QED) is 0.746. The highest BCUT2D eigenvalue weighted by atomic mass is 32.1. The lowest BCUT2D eigenvalue weighted by Gasteiger charge is -2.34. The Morgan fingerprint density at radius 3 is 2.69 bits per heavy atom. The molecule has 1 aromatic heterocycles. The number of carbonyl (C=O) groups excluding carboxylic acids is 1. The van der Waals surface area contributed by atoms with Crippen molar-refractivity contribution in [2.45, 2.75) is 33.2 Å². The molecule has 3 rings (SSSR count). The number of aromatic nitrogens is 1. The van der Waals surface area contributed by atoms with Crippen molar-refractivity contribution in [2.24, 2.45) is 0 Å². The van der Waals surface area contributed by atoms with Gasteiger partial charge in [0.1, 0.15) is 5.75 Å². The lowest BCUT2D eigenvalue weighted by Crippen LogP contribution is -2.48. The number of carbonyl (C=O) groups is 1. The fraction of sp³-hybridized carbons (Fsp3) is 0.500. The number of benzene rings is 1. The Bertz CT molecular complexity index is 723. The summed E-state index contributed by atoms with van der Waals surface area (Å²) in [6.07, 6.45) is 2.20. The maximum absolute atomic E-state index is 12.9. The zero-order valence-corrected chi connectivity index (χ0v) is 16.4. The summed E-state index contributed by atoms with van der Waals surface area (Å²) in [4.78, 5) is 21.9. The summed E-state index contributed by atoms with van der Waals surface area (Å²) >= 11 is 1.76. The first-order valence-electron chi connectivity index (χ1n) is 9.38. The molecule has 1 aliphatic heterocycles. The minimum atomic E-state index is 0.0626. The highest BCUT2D eigenvalue weighted by molar-refractivity contribution is 7.09. The molecule has 0 N–H and O–H groups in total. The molecule has 0 radical (unpaired) electrons. The molecule has 0 unspecified atom stereocenters. The van der Waals surface area contributed by atoms with Crippen LogP contribution in [0.3, 0.4) is 0 Å². The van der Waals surface area contributed by atoms with Gasteiger partial charge in [0, 0.05) is 38.1 Å². The van der Waals surface area contributed by atoms with Crippen molar-refractivity contribution >= 4 is 17.2 Å². The minimum Gasteiger partial charge on any atom is -0.493 e. The molecule has 0 atom stereocenters. The molecule has 0 saturated carbocycles. The van der Waals surface area contributed by atoms with E-state index >= 15 is 0 Å². The smallest absolute Gasteiger partial charge is 0.257 e. The third-order valence-corrected chi connectivity index (χ3v) is 5.48. The van der Waals surface area contributed by atoms with Crippen LogP contribution in [0.2, 0.25) is 0 Å². The second kappa shape index (κ2) is 9.14. The van der Waals surface area contributed by atoms with Crippen LogP contribution in [0.25, 0.3) is 0 Å². The number of hydrogen-bond donors (Lipinski definition) is 0. The largest absolute Gasteiger partial charge is 0.493 e. The number of amides is 1. The molecule has 0 aliphatic carbocycles. The normalized spacial score (nSPS) is 15.2. The zero-order valence-electron chi connectivity index (χ0n) is 15.6. The molecule has 1 aliphatic rings. The van der Waals surface area contributed by atoms with Gasteiger partial charge in [0.25, 0.3) is 5.91 Å². The van der Waals surface area contributed by atoms with Crippen LogP contribution in [0.1, 0.15) is 41.3 Å². The van der Waals surface area contributed by atoms with Crippen molar-refractivity contribution in [2.75, 3.05) is 32.8 Å². The molecule has 1 amide bonds. The van der Waals surface area contributed by atoms with Crippen molar-refractivity contribution in [3.8, 4) is 5.75 Å². The summed E-state index contributed by atoms with van der Waals surface area (Å²) in [6, 6.07) is 7.51. The number of aryl methyl sites for hydroxylation is 1. The number of nitrogens with zero attached hydrogens (tertiary/aromatic N) is 3. The van der Waals surface area contributed by atoms with E-state index in [1.54, 1.807) is 11.3 Å². The van der Waals surface area contributed by atoms with Gasteiger partial charge in [-0.2, -0.15) is 0 Å². The molecule has 1 aromatic carbocycles. The van der Waals surface area contributed by atoms with E-state index in [-0.39, 0.29) is 5.91 Å².